The third kappa shape index (κ3) is 5.74. The van der Waals surface area contributed by atoms with Gasteiger partial charge >= 0.3 is 17.1 Å². The van der Waals surface area contributed by atoms with Crippen LogP contribution >= 0.6 is 0 Å². The maximum absolute atomic E-state index is 9.50. The van der Waals surface area contributed by atoms with E-state index in [2.05, 4.69) is 0 Å². The molecule has 0 amide bonds. The average molecular weight is 320 g/mol. The van der Waals surface area contributed by atoms with Crippen molar-refractivity contribution in [1.82, 2.24) is 0 Å². The summed E-state index contributed by atoms with van der Waals surface area (Å²) >= 11 is 0. The summed E-state index contributed by atoms with van der Waals surface area (Å²) in [5.74, 6) is 0.311. The average Bonchev–Trinajstić information content (AvgIpc) is 3.15. The predicted octanol–water partition coefficient (Wildman–Crippen LogP) is 4.39. The first kappa shape index (κ1) is 16.8. The Balaban J connectivity index is 0.000000313. The van der Waals surface area contributed by atoms with Crippen molar-refractivity contribution in [2.75, 3.05) is 0 Å². The van der Waals surface area contributed by atoms with Gasteiger partial charge < -0.3 is 10.2 Å². The van der Waals surface area contributed by atoms with Crippen LogP contribution in [0.2, 0.25) is 0 Å². The topological polar surface area (TPSA) is 40.5 Å². The Morgan fingerprint density at radius 1 is 0.952 bits per heavy atom. The zero-order valence-corrected chi connectivity index (χ0v) is 12.4. The van der Waals surface area contributed by atoms with Gasteiger partial charge in [0.15, 0.2) is 0 Å². The Morgan fingerprint density at radius 3 is 2.19 bits per heavy atom. The van der Waals surface area contributed by atoms with E-state index in [9.17, 15) is 10.2 Å². The zero-order valence-electron chi connectivity index (χ0n) is 11.3. The summed E-state index contributed by atoms with van der Waals surface area (Å²) in [4.78, 5) is 0. The van der Waals surface area contributed by atoms with E-state index in [4.69, 9.17) is 0 Å². The summed E-state index contributed by atoms with van der Waals surface area (Å²) in [6.45, 7) is 0. The van der Waals surface area contributed by atoms with Gasteiger partial charge in [0.2, 0.25) is 0 Å². The summed E-state index contributed by atoms with van der Waals surface area (Å²) in [5, 5.41) is 18.8. The number of hydrogen-bond acceptors (Lipinski definition) is 2. The van der Waals surface area contributed by atoms with Crippen LogP contribution in [0.15, 0.2) is 72.8 Å². The Kier molecular flexibility index (Phi) is 7.10. The maximum Gasteiger partial charge on any atom is 2.00 e. The molecule has 0 aromatic heterocycles. The molecule has 3 aromatic rings. The molecule has 0 saturated carbocycles. The molecular formula is C18H16FeO2. The molecule has 0 fully saturated rings. The van der Waals surface area contributed by atoms with Gasteiger partial charge in [-0.2, -0.15) is 30.3 Å². The molecule has 0 aliphatic rings. The third-order valence-corrected chi connectivity index (χ3v) is 2.71. The first-order valence-electron chi connectivity index (χ1n) is 6.34. The van der Waals surface area contributed by atoms with E-state index in [1.807, 2.05) is 60.7 Å². The second-order valence-corrected chi connectivity index (χ2v) is 4.26. The molecular weight excluding hydrogens is 304 g/mol. The fourth-order valence-electron chi connectivity index (χ4n) is 1.68. The van der Waals surface area contributed by atoms with E-state index < -0.39 is 0 Å². The molecule has 0 atom stereocenters. The summed E-state index contributed by atoms with van der Waals surface area (Å²) in [6, 6.07) is 22.3. The maximum atomic E-state index is 9.50. The molecule has 0 spiro atoms. The van der Waals surface area contributed by atoms with Crippen LogP contribution in [0.3, 0.4) is 0 Å². The van der Waals surface area contributed by atoms with Crippen molar-refractivity contribution in [2.24, 2.45) is 0 Å². The summed E-state index contributed by atoms with van der Waals surface area (Å²) < 4.78 is 0. The van der Waals surface area contributed by atoms with E-state index in [1.54, 1.807) is 6.08 Å². The quantitative estimate of drug-likeness (QED) is 0.418. The van der Waals surface area contributed by atoms with Crippen LogP contribution in [0.4, 0.5) is 0 Å². The van der Waals surface area contributed by atoms with Gasteiger partial charge in [0.1, 0.15) is 11.5 Å². The molecule has 3 aromatic carbocycles. The van der Waals surface area contributed by atoms with Crippen molar-refractivity contribution >= 4 is 12.2 Å². The molecule has 0 saturated heterocycles. The number of rotatable bonds is 2. The van der Waals surface area contributed by atoms with Gasteiger partial charge in [-0.15, -0.1) is 29.8 Å². The molecule has 0 radical (unpaired) electrons. The van der Waals surface area contributed by atoms with Crippen molar-refractivity contribution in [3.05, 3.63) is 83.9 Å². The van der Waals surface area contributed by atoms with E-state index in [0.29, 0.717) is 5.56 Å². The molecule has 21 heavy (non-hydrogen) atoms. The Morgan fingerprint density at radius 2 is 1.62 bits per heavy atom. The molecule has 108 valence electrons. The molecule has 0 bridgehead atoms. The SMILES string of the molecule is Oc1ccc(O)c(C=C[c-]2cccc2)c1.[Fe+2].c1cc[cH-]c1. The summed E-state index contributed by atoms with van der Waals surface area (Å²) in [7, 11) is 0. The molecule has 3 rings (SSSR count). The predicted molar refractivity (Wildman–Crippen MR) is 82.8 cm³/mol. The van der Waals surface area contributed by atoms with Gasteiger partial charge in [0, 0.05) is 0 Å². The van der Waals surface area contributed by atoms with E-state index in [-0.39, 0.29) is 28.6 Å². The van der Waals surface area contributed by atoms with Gasteiger partial charge in [-0.3, -0.25) is 0 Å². The number of phenols is 2. The van der Waals surface area contributed by atoms with Crippen molar-refractivity contribution in [3.8, 4) is 11.5 Å². The van der Waals surface area contributed by atoms with Gasteiger partial charge in [0.05, 0.1) is 0 Å². The van der Waals surface area contributed by atoms with E-state index in [0.717, 1.165) is 5.56 Å². The monoisotopic (exact) mass is 320 g/mol. The van der Waals surface area contributed by atoms with Crippen LogP contribution in [0, 0.1) is 0 Å². The van der Waals surface area contributed by atoms with Crippen LogP contribution in [-0.4, -0.2) is 10.2 Å². The number of benzene rings is 1. The minimum absolute atomic E-state index is 0. The van der Waals surface area contributed by atoms with Crippen LogP contribution in [0.5, 0.6) is 11.5 Å². The van der Waals surface area contributed by atoms with Crippen LogP contribution in [-0.2, 0) is 17.1 Å². The second kappa shape index (κ2) is 8.85. The first-order chi connectivity index (χ1) is 9.75. The molecule has 0 aliphatic heterocycles. The Hall–Kier alpha value is -2.22. The van der Waals surface area contributed by atoms with E-state index in [1.165, 1.54) is 18.2 Å². The summed E-state index contributed by atoms with van der Waals surface area (Å²) in [6.07, 6.45) is 3.65. The fourth-order valence-corrected chi connectivity index (χ4v) is 1.68. The van der Waals surface area contributed by atoms with Crippen LogP contribution in [0.1, 0.15) is 11.1 Å². The molecule has 3 heteroatoms. The first-order valence-corrected chi connectivity index (χ1v) is 6.34. The van der Waals surface area contributed by atoms with Crippen molar-refractivity contribution in [1.29, 1.82) is 0 Å². The zero-order chi connectivity index (χ0) is 14.2. The standard InChI is InChI=1S/C13H11O2.C5H5.Fe/c14-12-7-8-13(15)11(9-12)6-5-10-3-1-2-4-10;1-2-4-5-3-1;/h1-9,14-15H;1-5H;/q2*-1;+2. The number of aromatic hydroxyl groups is 2. The second-order valence-electron chi connectivity index (χ2n) is 4.26. The minimum Gasteiger partial charge on any atom is -0.508 e. The number of phenolic OH excluding ortho intramolecular Hbond substituents is 2. The van der Waals surface area contributed by atoms with Crippen molar-refractivity contribution < 1.29 is 27.3 Å². The van der Waals surface area contributed by atoms with Crippen molar-refractivity contribution in [3.63, 3.8) is 0 Å². The molecule has 0 unspecified atom stereocenters. The largest absolute Gasteiger partial charge is 2.00 e. The van der Waals surface area contributed by atoms with Crippen LogP contribution < -0.4 is 0 Å². The van der Waals surface area contributed by atoms with Crippen LogP contribution in [0.25, 0.3) is 12.2 Å². The smallest absolute Gasteiger partial charge is 0.508 e. The fraction of sp³-hybridized carbons (Fsp3) is 0. The molecule has 0 heterocycles. The van der Waals surface area contributed by atoms with Crippen molar-refractivity contribution in [2.45, 2.75) is 0 Å². The normalized spacial score (nSPS) is 9.71. The van der Waals surface area contributed by atoms with Gasteiger partial charge in [-0.25, -0.2) is 12.1 Å². The van der Waals surface area contributed by atoms with E-state index >= 15 is 0 Å². The Labute approximate surface area is 135 Å². The summed E-state index contributed by atoms with van der Waals surface area (Å²) in [5.41, 5.74) is 1.67. The molecule has 2 nitrogen and oxygen atoms in total. The Bertz CT molecular complexity index is 621. The molecule has 0 aliphatic carbocycles. The van der Waals surface area contributed by atoms with Gasteiger partial charge in [-0.1, -0.05) is 0 Å². The van der Waals surface area contributed by atoms with Gasteiger partial charge in [-0.05, 0) is 23.8 Å². The minimum atomic E-state index is 0. The van der Waals surface area contributed by atoms with Gasteiger partial charge in [0.25, 0.3) is 0 Å². The molecule has 2 N–H and O–H groups in total. The third-order valence-electron chi connectivity index (χ3n) is 2.71. The number of hydrogen-bond donors (Lipinski definition) is 2.